The van der Waals surface area contributed by atoms with Gasteiger partial charge in [-0.1, -0.05) is 26.0 Å². The smallest absolute Gasteiger partial charge is 0.250 e. The first kappa shape index (κ1) is 16.6. The average Bonchev–Trinajstić information content (AvgIpc) is 3.25. The van der Waals surface area contributed by atoms with E-state index in [4.69, 9.17) is 4.42 Å². The number of hydrogen-bond acceptors (Lipinski definition) is 4. The lowest BCUT2D eigenvalue weighted by Gasteiger charge is -2.26. The molecule has 5 nitrogen and oxygen atoms in total. The summed E-state index contributed by atoms with van der Waals surface area (Å²) in [5, 5.41) is 8.06. The molecule has 1 amide bonds. The predicted octanol–water partition coefficient (Wildman–Crippen LogP) is 3.98. The minimum Gasteiger partial charge on any atom is -0.418 e. The van der Waals surface area contributed by atoms with Crippen LogP contribution in [0, 0.1) is 11.7 Å². The number of benzene rings is 1. The standard InChI is InChI=1S/C18H22FN3O2/c1-3-12(4-2)18(23)22-11-7-10-15(22)17-21-20-16(24-17)13-8-5-6-9-14(13)19/h5-6,8-9,12,15H,3-4,7,10-11H2,1-2H3. The molecule has 0 N–H and O–H groups in total. The van der Waals surface area contributed by atoms with Gasteiger partial charge in [0.1, 0.15) is 11.9 Å². The van der Waals surface area contributed by atoms with Crippen LogP contribution in [0.5, 0.6) is 0 Å². The number of hydrogen-bond donors (Lipinski definition) is 0. The van der Waals surface area contributed by atoms with E-state index in [0.717, 1.165) is 25.7 Å². The summed E-state index contributed by atoms with van der Waals surface area (Å²) in [6.07, 6.45) is 3.35. The first-order valence-electron chi connectivity index (χ1n) is 8.54. The molecule has 0 aliphatic carbocycles. The third-order valence-electron chi connectivity index (χ3n) is 4.70. The van der Waals surface area contributed by atoms with Crippen molar-refractivity contribution in [1.29, 1.82) is 0 Å². The number of aromatic nitrogens is 2. The molecule has 1 atom stereocenters. The molecule has 1 unspecified atom stereocenters. The number of carbonyl (C=O) groups excluding carboxylic acids is 1. The Balaban J connectivity index is 1.84. The molecule has 0 spiro atoms. The highest BCUT2D eigenvalue weighted by Gasteiger charge is 2.36. The molecule has 24 heavy (non-hydrogen) atoms. The van der Waals surface area contributed by atoms with Crippen molar-refractivity contribution in [2.45, 2.75) is 45.6 Å². The monoisotopic (exact) mass is 331 g/mol. The summed E-state index contributed by atoms with van der Waals surface area (Å²) in [7, 11) is 0. The molecule has 1 aromatic heterocycles. The van der Waals surface area contributed by atoms with E-state index in [1.165, 1.54) is 6.07 Å². The molecular formula is C18H22FN3O2. The zero-order valence-electron chi connectivity index (χ0n) is 14.0. The van der Waals surface area contributed by atoms with Crippen molar-refractivity contribution in [3.63, 3.8) is 0 Å². The summed E-state index contributed by atoms with van der Waals surface area (Å²) in [5.41, 5.74) is 0.284. The zero-order valence-corrected chi connectivity index (χ0v) is 14.0. The molecule has 1 saturated heterocycles. The Bertz CT molecular complexity index is 712. The molecule has 1 aliphatic rings. The van der Waals surface area contributed by atoms with Gasteiger partial charge in [-0.15, -0.1) is 10.2 Å². The maximum absolute atomic E-state index is 13.9. The van der Waals surface area contributed by atoms with E-state index in [1.54, 1.807) is 18.2 Å². The lowest BCUT2D eigenvalue weighted by atomic mass is 10.0. The summed E-state index contributed by atoms with van der Waals surface area (Å²) in [6, 6.07) is 6.10. The topological polar surface area (TPSA) is 59.2 Å². The predicted molar refractivity (Wildman–Crippen MR) is 87.5 cm³/mol. The highest BCUT2D eigenvalue weighted by molar-refractivity contribution is 5.79. The molecule has 0 radical (unpaired) electrons. The van der Waals surface area contributed by atoms with Gasteiger partial charge in [-0.2, -0.15) is 0 Å². The minimum atomic E-state index is -0.399. The Morgan fingerprint density at radius 2 is 2.08 bits per heavy atom. The molecular weight excluding hydrogens is 309 g/mol. The SMILES string of the molecule is CCC(CC)C(=O)N1CCCC1c1nnc(-c2ccccc2F)o1. The number of carbonyl (C=O) groups is 1. The highest BCUT2D eigenvalue weighted by Crippen LogP contribution is 2.34. The van der Waals surface area contributed by atoms with Crippen molar-refractivity contribution in [2.24, 2.45) is 5.92 Å². The van der Waals surface area contributed by atoms with Crippen LogP contribution in [-0.2, 0) is 4.79 Å². The molecule has 0 bridgehead atoms. The van der Waals surface area contributed by atoms with E-state index < -0.39 is 5.82 Å². The van der Waals surface area contributed by atoms with Gasteiger partial charge in [0.05, 0.1) is 5.56 Å². The number of nitrogens with zero attached hydrogens (tertiary/aromatic N) is 3. The summed E-state index contributed by atoms with van der Waals surface area (Å²) in [6.45, 7) is 4.76. The molecule has 128 valence electrons. The van der Waals surface area contributed by atoms with Crippen molar-refractivity contribution in [2.75, 3.05) is 6.54 Å². The van der Waals surface area contributed by atoms with Gasteiger partial charge >= 0.3 is 0 Å². The average molecular weight is 331 g/mol. The molecule has 1 aromatic carbocycles. The fourth-order valence-electron chi connectivity index (χ4n) is 3.27. The first-order chi connectivity index (χ1) is 11.7. The van der Waals surface area contributed by atoms with Crippen molar-refractivity contribution in [3.8, 4) is 11.5 Å². The lowest BCUT2D eigenvalue weighted by Crippen LogP contribution is -2.35. The van der Waals surface area contributed by atoms with Crippen LogP contribution in [0.1, 0.15) is 51.5 Å². The largest absolute Gasteiger partial charge is 0.418 e. The molecule has 2 heterocycles. The Morgan fingerprint density at radius 3 is 2.79 bits per heavy atom. The summed E-state index contributed by atoms with van der Waals surface area (Å²) in [5.74, 6) is 0.326. The maximum atomic E-state index is 13.9. The third kappa shape index (κ3) is 3.05. The van der Waals surface area contributed by atoms with Gasteiger partial charge in [0.25, 0.3) is 5.89 Å². The third-order valence-corrected chi connectivity index (χ3v) is 4.70. The second-order valence-electron chi connectivity index (χ2n) is 6.13. The lowest BCUT2D eigenvalue weighted by molar-refractivity contribution is -0.137. The van der Waals surface area contributed by atoms with Crippen LogP contribution >= 0.6 is 0 Å². The van der Waals surface area contributed by atoms with E-state index in [0.29, 0.717) is 12.4 Å². The molecule has 1 fully saturated rings. The number of rotatable bonds is 5. The first-order valence-corrected chi connectivity index (χ1v) is 8.54. The molecule has 0 saturated carbocycles. The van der Waals surface area contributed by atoms with Crippen molar-refractivity contribution in [3.05, 3.63) is 36.0 Å². The number of amides is 1. The molecule has 6 heteroatoms. The quantitative estimate of drug-likeness (QED) is 0.831. The Labute approximate surface area is 140 Å². The van der Waals surface area contributed by atoms with E-state index in [2.05, 4.69) is 10.2 Å². The van der Waals surface area contributed by atoms with Gasteiger partial charge in [0, 0.05) is 12.5 Å². The van der Waals surface area contributed by atoms with Gasteiger partial charge < -0.3 is 9.32 Å². The van der Waals surface area contributed by atoms with Gasteiger partial charge in [-0.05, 0) is 37.8 Å². The van der Waals surface area contributed by atoms with Crippen LogP contribution in [0.25, 0.3) is 11.5 Å². The molecule has 3 rings (SSSR count). The van der Waals surface area contributed by atoms with Crippen LogP contribution in [0.2, 0.25) is 0 Å². The Kier molecular flexibility index (Phi) is 4.92. The van der Waals surface area contributed by atoms with Gasteiger partial charge in [-0.3, -0.25) is 4.79 Å². The highest BCUT2D eigenvalue weighted by atomic mass is 19.1. The Morgan fingerprint density at radius 1 is 1.33 bits per heavy atom. The van der Waals surface area contributed by atoms with Crippen molar-refractivity contribution < 1.29 is 13.6 Å². The van der Waals surface area contributed by atoms with E-state index in [1.807, 2.05) is 18.7 Å². The van der Waals surface area contributed by atoms with E-state index >= 15 is 0 Å². The van der Waals surface area contributed by atoms with Gasteiger partial charge in [-0.25, -0.2) is 4.39 Å². The normalized spacial score (nSPS) is 17.7. The van der Waals surface area contributed by atoms with Crippen LogP contribution in [0.15, 0.2) is 28.7 Å². The molecule has 2 aromatic rings. The summed E-state index contributed by atoms with van der Waals surface area (Å²) in [4.78, 5) is 14.5. The summed E-state index contributed by atoms with van der Waals surface area (Å²) < 4.78 is 19.6. The second-order valence-corrected chi connectivity index (χ2v) is 6.13. The van der Waals surface area contributed by atoms with Crippen LogP contribution in [0.3, 0.4) is 0 Å². The summed E-state index contributed by atoms with van der Waals surface area (Å²) >= 11 is 0. The van der Waals surface area contributed by atoms with Crippen LogP contribution < -0.4 is 0 Å². The maximum Gasteiger partial charge on any atom is 0.250 e. The second kappa shape index (κ2) is 7.11. The van der Waals surface area contributed by atoms with Crippen LogP contribution in [-0.4, -0.2) is 27.5 Å². The zero-order chi connectivity index (χ0) is 17.1. The van der Waals surface area contributed by atoms with E-state index in [9.17, 15) is 9.18 Å². The van der Waals surface area contributed by atoms with Gasteiger partial charge in [0.15, 0.2) is 0 Å². The van der Waals surface area contributed by atoms with Crippen molar-refractivity contribution >= 4 is 5.91 Å². The molecule has 1 aliphatic heterocycles. The number of likely N-dealkylation sites (tertiary alicyclic amines) is 1. The minimum absolute atomic E-state index is 0.0274. The van der Waals surface area contributed by atoms with Crippen molar-refractivity contribution in [1.82, 2.24) is 15.1 Å². The fourth-order valence-corrected chi connectivity index (χ4v) is 3.27. The fraction of sp³-hybridized carbons (Fsp3) is 0.500. The number of halogens is 1. The van der Waals surface area contributed by atoms with Gasteiger partial charge in [0.2, 0.25) is 11.8 Å². The Hall–Kier alpha value is -2.24. The van der Waals surface area contributed by atoms with Crippen LogP contribution in [0.4, 0.5) is 4.39 Å². The van der Waals surface area contributed by atoms with E-state index in [-0.39, 0.29) is 29.3 Å².